The van der Waals surface area contributed by atoms with E-state index in [1.807, 2.05) is 0 Å². The molecule has 0 spiro atoms. The highest BCUT2D eigenvalue weighted by Crippen LogP contribution is 2.22. The molecule has 0 aliphatic heterocycles. The van der Waals surface area contributed by atoms with Crippen LogP contribution in [0.2, 0.25) is 0 Å². The Balaban J connectivity index is 4.45. The first kappa shape index (κ1) is 24.9. The fourth-order valence-electron chi connectivity index (χ4n) is 3.70. The summed E-state index contributed by atoms with van der Waals surface area (Å²) in [6, 6.07) is 0.259. The summed E-state index contributed by atoms with van der Waals surface area (Å²) in [5.41, 5.74) is 0. The van der Waals surface area contributed by atoms with E-state index in [4.69, 9.17) is 0 Å². The fraction of sp³-hybridized carbons (Fsp3) is 1.00. The van der Waals surface area contributed by atoms with E-state index in [2.05, 4.69) is 32.6 Å². The van der Waals surface area contributed by atoms with Crippen LogP contribution in [0, 0.1) is 5.92 Å². The van der Waals surface area contributed by atoms with Crippen LogP contribution in [0.5, 0.6) is 0 Å². The van der Waals surface area contributed by atoms with E-state index in [-0.39, 0.29) is 25.3 Å². The molecule has 25 heavy (non-hydrogen) atoms. The van der Waals surface area contributed by atoms with Crippen molar-refractivity contribution in [1.82, 2.24) is 4.90 Å². The van der Waals surface area contributed by atoms with Crippen LogP contribution in [0.3, 0.4) is 0 Å². The molecule has 0 aliphatic carbocycles. The first-order chi connectivity index (χ1) is 12.1. The minimum Gasteiger partial charge on any atom is -0.395 e. The van der Waals surface area contributed by atoms with Crippen molar-refractivity contribution in [3.05, 3.63) is 0 Å². The maximum Gasteiger partial charge on any atom is 0.0584 e. The summed E-state index contributed by atoms with van der Waals surface area (Å²) < 4.78 is 0. The van der Waals surface area contributed by atoms with Crippen molar-refractivity contribution in [3.8, 4) is 0 Å². The summed E-state index contributed by atoms with van der Waals surface area (Å²) in [4.78, 5) is 2.32. The molecule has 0 saturated carbocycles. The van der Waals surface area contributed by atoms with E-state index in [0.29, 0.717) is 5.92 Å². The summed E-state index contributed by atoms with van der Waals surface area (Å²) in [6.07, 6.45) is 16.0. The van der Waals surface area contributed by atoms with Crippen molar-refractivity contribution in [2.75, 3.05) is 19.8 Å². The highest BCUT2D eigenvalue weighted by Gasteiger charge is 2.22. The van der Waals surface area contributed by atoms with Gasteiger partial charge in [-0.15, -0.1) is 0 Å². The van der Waals surface area contributed by atoms with Crippen LogP contribution in [0.1, 0.15) is 105 Å². The third-order valence-electron chi connectivity index (χ3n) is 5.56. The Labute approximate surface area is 158 Å². The molecule has 0 radical (unpaired) electrons. The van der Waals surface area contributed by atoms with Gasteiger partial charge in [-0.1, -0.05) is 78.1 Å². The van der Waals surface area contributed by atoms with E-state index >= 15 is 0 Å². The van der Waals surface area contributed by atoms with Crippen LogP contribution >= 0.6 is 0 Å². The summed E-state index contributed by atoms with van der Waals surface area (Å²) in [7, 11) is 0. The lowest BCUT2D eigenvalue weighted by molar-refractivity contribution is 0.0514. The molecule has 0 saturated heterocycles. The molecule has 3 heteroatoms. The van der Waals surface area contributed by atoms with Gasteiger partial charge in [0.25, 0.3) is 0 Å². The molecule has 0 aromatic carbocycles. The lowest BCUT2D eigenvalue weighted by atomic mass is 9.93. The van der Waals surface area contributed by atoms with E-state index in [1.165, 1.54) is 77.0 Å². The average Bonchev–Trinajstić information content (AvgIpc) is 2.63. The topological polar surface area (TPSA) is 43.7 Å². The van der Waals surface area contributed by atoms with Crippen molar-refractivity contribution in [2.45, 2.75) is 117 Å². The average molecular weight is 358 g/mol. The Hall–Kier alpha value is -0.120. The van der Waals surface area contributed by atoms with Gasteiger partial charge in [0.2, 0.25) is 0 Å². The number of rotatable bonds is 18. The van der Waals surface area contributed by atoms with Gasteiger partial charge in [0.1, 0.15) is 0 Å². The predicted molar refractivity (Wildman–Crippen MR) is 110 cm³/mol. The molecule has 3 unspecified atom stereocenters. The van der Waals surface area contributed by atoms with E-state index < -0.39 is 0 Å². The number of unbranched alkanes of at least 4 members (excludes halogenated alkanes) is 8. The van der Waals surface area contributed by atoms with Gasteiger partial charge < -0.3 is 10.2 Å². The maximum atomic E-state index is 9.58. The van der Waals surface area contributed by atoms with Gasteiger partial charge in [-0.2, -0.15) is 0 Å². The second kappa shape index (κ2) is 17.3. The largest absolute Gasteiger partial charge is 0.395 e. The normalized spacial score (nSPS) is 15.5. The first-order valence-corrected chi connectivity index (χ1v) is 11.1. The molecule has 0 aromatic rings. The molecule has 3 atom stereocenters. The van der Waals surface area contributed by atoms with Crippen LogP contribution in [-0.4, -0.2) is 47.0 Å². The van der Waals surface area contributed by atoms with Gasteiger partial charge in [-0.25, -0.2) is 0 Å². The van der Waals surface area contributed by atoms with Crippen LogP contribution in [0.15, 0.2) is 0 Å². The summed E-state index contributed by atoms with van der Waals surface area (Å²) >= 11 is 0. The highest BCUT2D eigenvalue weighted by molar-refractivity contribution is 4.76. The number of nitrogens with zero attached hydrogens (tertiary/aromatic N) is 1. The van der Waals surface area contributed by atoms with E-state index in [0.717, 1.165) is 6.54 Å². The third-order valence-corrected chi connectivity index (χ3v) is 5.56. The van der Waals surface area contributed by atoms with Crippen molar-refractivity contribution >= 4 is 0 Å². The molecule has 3 nitrogen and oxygen atoms in total. The maximum absolute atomic E-state index is 9.58. The van der Waals surface area contributed by atoms with Crippen LogP contribution in [-0.2, 0) is 0 Å². The predicted octanol–water partition coefficient (Wildman–Crippen LogP) is 5.39. The molecule has 152 valence electrons. The molecular formula is C22H47NO2. The van der Waals surface area contributed by atoms with Crippen molar-refractivity contribution in [2.24, 2.45) is 5.92 Å². The monoisotopic (exact) mass is 357 g/mol. The SMILES string of the molecule is CCCCCCCCC(CCCCCC)CN(C(C)CO)C(C)CO. The lowest BCUT2D eigenvalue weighted by Gasteiger charge is -2.36. The zero-order chi connectivity index (χ0) is 18.9. The Morgan fingerprint density at radius 1 is 0.640 bits per heavy atom. The van der Waals surface area contributed by atoms with Gasteiger partial charge in [-0.05, 0) is 32.6 Å². The van der Waals surface area contributed by atoms with Gasteiger partial charge >= 0.3 is 0 Å². The Kier molecular flexibility index (Phi) is 17.2. The first-order valence-electron chi connectivity index (χ1n) is 11.1. The molecule has 0 fully saturated rings. The molecule has 2 N–H and O–H groups in total. The van der Waals surface area contributed by atoms with Gasteiger partial charge in [0, 0.05) is 18.6 Å². The van der Waals surface area contributed by atoms with Crippen LogP contribution in [0.4, 0.5) is 0 Å². The standard InChI is InChI=1S/C22H47NO2/c1-5-7-9-11-12-14-16-22(15-13-10-8-6-2)17-23(20(3)18-24)21(4)19-25/h20-22,24-25H,5-19H2,1-4H3. The summed E-state index contributed by atoms with van der Waals surface area (Å²) in [5, 5.41) is 19.2. The molecule has 0 aromatic heterocycles. The molecule has 0 bridgehead atoms. The summed E-state index contributed by atoms with van der Waals surface area (Å²) in [5.74, 6) is 0.700. The molecule has 0 aliphatic rings. The second-order valence-corrected chi connectivity index (χ2v) is 8.03. The van der Waals surface area contributed by atoms with Crippen molar-refractivity contribution in [3.63, 3.8) is 0 Å². The van der Waals surface area contributed by atoms with Crippen molar-refractivity contribution < 1.29 is 10.2 Å². The third kappa shape index (κ3) is 12.8. The minimum absolute atomic E-state index is 0.129. The van der Waals surface area contributed by atoms with E-state index in [9.17, 15) is 10.2 Å². The Bertz CT molecular complexity index is 263. The van der Waals surface area contributed by atoms with E-state index in [1.54, 1.807) is 0 Å². The molecular weight excluding hydrogens is 310 g/mol. The van der Waals surface area contributed by atoms with Gasteiger partial charge in [0.15, 0.2) is 0 Å². The van der Waals surface area contributed by atoms with Crippen LogP contribution in [0.25, 0.3) is 0 Å². The second-order valence-electron chi connectivity index (χ2n) is 8.03. The van der Waals surface area contributed by atoms with Gasteiger partial charge in [-0.3, -0.25) is 4.90 Å². The fourth-order valence-corrected chi connectivity index (χ4v) is 3.70. The lowest BCUT2D eigenvalue weighted by Crippen LogP contribution is -2.46. The number of aliphatic hydroxyl groups excluding tert-OH is 2. The quantitative estimate of drug-likeness (QED) is 0.323. The highest BCUT2D eigenvalue weighted by atomic mass is 16.3. The Morgan fingerprint density at radius 2 is 1.04 bits per heavy atom. The molecule has 0 heterocycles. The minimum atomic E-state index is 0.129. The number of hydrogen-bond donors (Lipinski definition) is 2. The zero-order valence-electron chi connectivity index (χ0n) is 17.7. The summed E-state index contributed by atoms with van der Waals surface area (Å²) in [6.45, 7) is 10.0. The smallest absolute Gasteiger partial charge is 0.0584 e. The van der Waals surface area contributed by atoms with Crippen molar-refractivity contribution in [1.29, 1.82) is 0 Å². The molecule has 0 amide bonds. The number of hydrogen-bond acceptors (Lipinski definition) is 3. The van der Waals surface area contributed by atoms with Crippen LogP contribution < -0.4 is 0 Å². The zero-order valence-corrected chi connectivity index (χ0v) is 17.7. The molecule has 0 rings (SSSR count). The number of aliphatic hydroxyl groups is 2. The van der Waals surface area contributed by atoms with Gasteiger partial charge in [0.05, 0.1) is 13.2 Å². The Morgan fingerprint density at radius 3 is 1.48 bits per heavy atom.